The number of ether oxygens (including phenoxy) is 1. The average Bonchev–Trinajstić information content (AvgIpc) is 3.62. The number of amides is 4. The maximum atomic E-state index is 15.2. The van der Waals surface area contributed by atoms with Crippen molar-refractivity contribution in [3.05, 3.63) is 72.4 Å². The number of likely N-dealkylation sites (tertiary alicyclic amines) is 1. The van der Waals surface area contributed by atoms with E-state index in [-0.39, 0.29) is 48.1 Å². The summed E-state index contributed by atoms with van der Waals surface area (Å²) in [5, 5.41) is 12.2. The summed E-state index contributed by atoms with van der Waals surface area (Å²) in [6.45, 7) is 0.635. The van der Waals surface area contributed by atoms with E-state index in [4.69, 9.17) is 10.5 Å². The van der Waals surface area contributed by atoms with E-state index in [1.54, 1.807) is 0 Å². The first-order chi connectivity index (χ1) is 18.7. The lowest BCUT2D eigenvalue weighted by molar-refractivity contribution is -0.133. The number of nitrogens with one attached hydrogen (secondary N) is 1. The number of aliphatic hydroxyl groups is 1. The van der Waals surface area contributed by atoms with E-state index in [2.05, 4.69) is 10.3 Å². The number of β-amino-alcohol motifs (C(OH)–C–C–N with tert-alkyl or cyclic N) is 1. The van der Waals surface area contributed by atoms with Crippen LogP contribution in [0.5, 0.6) is 11.5 Å². The number of carbonyl (C=O) groups excluding carboxylic acids is 3. The van der Waals surface area contributed by atoms with E-state index >= 15 is 4.39 Å². The summed E-state index contributed by atoms with van der Waals surface area (Å²) in [7, 11) is 0. The van der Waals surface area contributed by atoms with Crippen LogP contribution in [0.25, 0.3) is 0 Å². The molecule has 202 valence electrons. The zero-order chi connectivity index (χ0) is 27.7. The minimum absolute atomic E-state index is 0.0967. The van der Waals surface area contributed by atoms with Gasteiger partial charge >= 0.3 is 6.03 Å². The predicted octanol–water partition coefficient (Wildman–Crippen LogP) is 3.68. The van der Waals surface area contributed by atoms with Crippen molar-refractivity contribution < 1.29 is 33.0 Å². The van der Waals surface area contributed by atoms with Crippen LogP contribution >= 0.6 is 0 Å². The number of anilines is 3. The van der Waals surface area contributed by atoms with Gasteiger partial charge in [-0.3, -0.25) is 19.8 Å². The van der Waals surface area contributed by atoms with Gasteiger partial charge in [0, 0.05) is 37.1 Å². The summed E-state index contributed by atoms with van der Waals surface area (Å²) < 4.78 is 34.4. The highest BCUT2D eigenvalue weighted by Gasteiger charge is 2.57. The summed E-state index contributed by atoms with van der Waals surface area (Å²) in [6, 6.07) is 11.3. The molecular formula is C27H25F2N5O5. The Bertz CT molecular complexity index is 1430. The maximum absolute atomic E-state index is 15.2. The highest BCUT2D eigenvalue weighted by Crippen LogP contribution is 2.49. The predicted molar refractivity (Wildman–Crippen MR) is 136 cm³/mol. The van der Waals surface area contributed by atoms with Gasteiger partial charge in [0.05, 0.1) is 11.8 Å². The van der Waals surface area contributed by atoms with Gasteiger partial charge in [0.25, 0.3) is 0 Å². The van der Waals surface area contributed by atoms with Crippen molar-refractivity contribution in [2.24, 2.45) is 11.1 Å². The minimum Gasteiger partial charge on any atom is -0.454 e. The van der Waals surface area contributed by atoms with Gasteiger partial charge in [0.2, 0.25) is 11.8 Å². The van der Waals surface area contributed by atoms with E-state index in [1.807, 2.05) is 0 Å². The second kappa shape index (κ2) is 10.3. The smallest absolute Gasteiger partial charge is 0.323 e. The summed E-state index contributed by atoms with van der Waals surface area (Å²) >= 11 is 0. The van der Waals surface area contributed by atoms with E-state index in [0.717, 1.165) is 23.1 Å². The number of urea groups is 1. The van der Waals surface area contributed by atoms with Gasteiger partial charge in [-0.25, -0.2) is 18.6 Å². The van der Waals surface area contributed by atoms with Gasteiger partial charge in [0.15, 0.2) is 11.6 Å². The molecule has 1 atom stereocenters. The van der Waals surface area contributed by atoms with Crippen LogP contribution in [0.3, 0.4) is 0 Å². The number of primary amides is 1. The second-order valence-corrected chi connectivity index (χ2v) is 9.48. The molecule has 10 nitrogen and oxygen atoms in total. The minimum atomic E-state index is -1.40. The second-order valence-electron chi connectivity index (χ2n) is 9.48. The third-order valence-electron chi connectivity index (χ3n) is 6.74. The van der Waals surface area contributed by atoms with Crippen LogP contribution < -0.4 is 20.7 Å². The van der Waals surface area contributed by atoms with Crippen molar-refractivity contribution in [2.45, 2.75) is 25.4 Å². The molecule has 0 radical (unpaired) electrons. The van der Waals surface area contributed by atoms with E-state index in [1.165, 1.54) is 47.5 Å². The first-order valence-electron chi connectivity index (χ1n) is 12.2. The molecule has 4 N–H and O–H groups in total. The number of carbonyl (C=O) groups is 3. The Morgan fingerprint density at radius 3 is 2.41 bits per heavy atom. The lowest BCUT2D eigenvalue weighted by Crippen LogP contribution is -2.41. The first-order valence-corrected chi connectivity index (χ1v) is 12.2. The molecule has 1 saturated carbocycles. The van der Waals surface area contributed by atoms with Crippen molar-refractivity contribution in [1.82, 2.24) is 9.88 Å². The number of nitrogens with two attached hydrogens (primary N) is 1. The number of benzene rings is 2. The van der Waals surface area contributed by atoms with Crippen LogP contribution in [0, 0.1) is 17.0 Å². The Morgan fingerprint density at radius 2 is 1.79 bits per heavy atom. The standard InChI is InChI=1S/C27H25F2N5O5/c28-16-1-3-17(4-2-16)34(25(37)27(9-10-27)24(30)36)18-5-6-22(21(29)13-18)39-20-7-11-31-23(14-20)32-26(38)33-12-8-19(35)15-33/h1-7,11,13-14,19,35H,8-10,12,15H2,(H2,30,36)(H,31,32,38)/t19-/m1/s1. The van der Waals surface area contributed by atoms with E-state index in [0.29, 0.717) is 13.0 Å². The Morgan fingerprint density at radius 1 is 1.08 bits per heavy atom. The van der Waals surface area contributed by atoms with Crippen LogP contribution in [0.4, 0.5) is 30.8 Å². The van der Waals surface area contributed by atoms with Gasteiger partial charge in [-0.05, 0) is 61.7 Å². The number of pyridine rings is 1. The number of hydrogen-bond acceptors (Lipinski definition) is 6. The average molecular weight is 538 g/mol. The lowest BCUT2D eigenvalue weighted by Gasteiger charge is -2.26. The van der Waals surface area contributed by atoms with Gasteiger partial charge < -0.3 is 20.5 Å². The van der Waals surface area contributed by atoms with Gasteiger partial charge in [-0.2, -0.15) is 0 Å². The highest BCUT2D eigenvalue weighted by molar-refractivity contribution is 6.16. The third-order valence-corrected chi connectivity index (χ3v) is 6.74. The summed E-state index contributed by atoms with van der Waals surface area (Å²) in [4.78, 5) is 44.5. The molecule has 1 aromatic heterocycles. The number of aliphatic hydroxyl groups excluding tert-OH is 1. The molecule has 12 heteroatoms. The first kappa shape index (κ1) is 26.0. The maximum Gasteiger partial charge on any atom is 0.323 e. The van der Waals surface area contributed by atoms with E-state index in [9.17, 15) is 23.9 Å². The van der Waals surface area contributed by atoms with E-state index < -0.39 is 41.0 Å². The molecule has 0 unspecified atom stereocenters. The van der Waals surface area contributed by atoms with Crippen LogP contribution in [-0.4, -0.2) is 52.0 Å². The van der Waals surface area contributed by atoms with Crippen molar-refractivity contribution in [2.75, 3.05) is 23.3 Å². The molecule has 2 aliphatic rings. The van der Waals surface area contributed by atoms with Crippen LogP contribution in [-0.2, 0) is 9.59 Å². The number of nitrogens with zero attached hydrogens (tertiary/aromatic N) is 3. The molecular weight excluding hydrogens is 512 g/mol. The Labute approximate surface area is 222 Å². The molecule has 1 aliphatic heterocycles. The van der Waals surface area contributed by atoms with Gasteiger partial charge in [0.1, 0.15) is 22.8 Å². The van der Waals surface area contributed by atoms with Crippen LogP contribution in [0.15, 0.2) is 60.8 Å². The quantitative estimate of drug-likeness (QED) is 0.393. The summed E-state index contributed by atoms with van der Waals surface area (Å²) in [5.74, 6) is -2.56. The fraction of sp³-hybridized carbons (Fsp3) is 0.259. The third kappa shape index (κ3) is 5.36. The SMILES string of the molecule is NC(=O)C1(C(=O)N(c2ccc(F)cc2)c2ccc(Oc3ccnc(NC(=O)N4CC[C@@H](O)C4)c3)c(F)c2)CC1. The van der Waals surface area contributed by atoms with Crippen molar-refractivity contribution in [3.8, 4) is 11.5 Å². The van der Waals surface area contributed by atoms with Crippen molar-refractivity contribution >= 4 is 35.0 Å². The molecule has 4 amide bonds. The molecule has 1 saturated heterocycles. The van der Waals surface area contributed by atoms with Crippen molar-refractivity contribution in [3.63, 3.8) is 0 Å². The summed E-state index contributed by atoms with van der Waals surface area (Å²) in [6.07, 6.45) is 1.84. The Hall–Kier alpha value is -4.58. The number of hydrogen-bond donors (Lipinski definition) is 3. The number of halogens is 2. The van der Waals surface area contributed by atoms with Gasteiger partial charge in [-0.1, -0.05) is 0 Å². The Kier molecular flexibility index (Phi) is 6.87. The zero-order valence-electron chi connectivity index (χ0n) is 20.6. The molecule has 0 spiro atoms. The molecule has 5 rings (SSSR count). The normalized spacial score (nSPS) is 17.4. The van der Waals surface area contributed by atoms with Crippen LogP contribution in [0.2, 0.25) is 0 Å². The summed E-state index contributed by atoms with van der Waals surface area (Å²) in [5.41, 5.74) is 4.43. The number of aromatic nitrogens is 1. The highest BCUT2D eigenvalue weighted by atomic mass is 19.1. The molecule has 2 fully saturated rings. The fourth-order valence-corrected chi connectivity index (χ4v) is 4.37. The molecule has 3 aromatic rings. The monoisotopic (exact) mass is 537 g/mol. The van der Waals surface area contributed by atoms with Gasteiger partial charge in [-0.15, -0.1) is 0 Å². The molecule has 0 bridgehead atoms. The molecule has 2 aromatic carbocycles. The van der Waals surface area contributed by atoms with Crippen molar-refractivity contribution in [1.29, 1.82) is 0 Å². The molecule has 2 heterocycles. The topological polar surface area (TPSA) is 138 Å². The molecule has 39 heavy (non-hydrogen) atoms. The Balaban J connectivity index is 1.37. The number of rotatable bonds is 7. The largest absolute Gasteiger partial charge is 0.454 e. The lowest BCUT2D eigenvalue weighted by atomic mass is 10.0. The fourth-order valence-electron chi connectivity index (χ4n) is 4.37. The van der Waals surface area contributed by atoms with Crippen LogP contribution in [0.1, 0.15) is 19.3 Å². The zero-order valence-corrected chi connectivity index (χ0v) is 20.6. The molecule has 1 aliphatic carbocycles.